The summed E-state index contributed by atoms with van der Waals surface area (Å²) in [6.07, 6.45) is 1.32. The lowest BCUT2D eigenvalue weighted by Crippen LogP contribution is -2.47. The molecule has 0 atom stereocenters. The van der Waals surface area contributed by atoms with Gasteiger partial charge in [-0.05, 0) is 31.3 Å². The zero-order chi connectivity index (χ0) is 20.1. The summed E-state index contributed by atoms with van der Waals surface area (Å²) in [6.45, 7) is 2.74. The summed E-state index contributed by atoms with van der Waals surface area (Å²) in [5.41, 5.74) is 0. The van der Waals surface area contributed by atoms with Crippen LogP contribution in [-0.4, -0.2) is 69.0 Å². The van der Waals surface area contributed by atoms with Gasteiger partial charge >= 0.3 is 0 Å². The molecule has 1 fully saturated rings. The Labute approximate surface area is 163 Å². The smallest absolute Gasteiger partial charge is 0.244 e. The molecule has 1 aromatic carbocycles. The third-order valence-electron chi connectivity index (χ3n) is 4.40. The highest BCUT2D eigenvalue weighted by molar-refractivity contribution is 7.89. The summed E-state index contributed by atoms with van der Waals surface area (Å²) < 4.78 is 58.3. The van der Waals surface area contributed by atoms with Gasteiger partial charge in [-0.3, -0.25) is 0 Å². The van der Waals surface area contributed by atoms with E-state index in [4.69, 9.17) is 4.74 Å². The van der Waals surface area contributed by atoms with Crippen molar-refractivity contribution < 1.29 is 21.9 Å². The average Bonchev–Trinajstić information content (AvgIpc) is 2.67. The van der Waals surface area contributed by atoms with E-state index in [-0.39, 0.29) is 17.3 Å². The van der Waals surface area contributed by atoms with Gasteiger partial charge in [0.1, 0.15) is 23.1 Å². The van der Waals surface area contributed by atoms with Gasteiger partial charge < -0.3 is 15.0 Å². The predicted octanol–water partition coefficient (Wildman–Crippen LogP) is 1.79. The van der Waals surface area contributed by atoms with E-state index in [0.717, 1.165) is 12.1 Å². The van der Waals surface area contributed by atoms with E-state index in [1.54, 1.807) is 6.07 Å². The summed E-state index contributed by atoms with van der Waals surface area (Å²) in [5.74, 6) is -0.999. The first kappa shape index (κ1) is 20.4. The van der Waals surface area contributed by atoms with Crippen LogP contribution in [0.15, 0.2) is 41.4 Å². The molecule has 1 N–H and O–H groups in total. The molecule has 1 aliphatic rings. The number of aromatic nitrogens is 1. The van der Waals surface area contributed by atoms with Crippen molar-refractivity contribution in [2.45, 2.75) is 4.90 Å². The Hall–Kier alpha value is -2.30. The Balaban J connectivity index is 1.51. The highest BCUT2D eigenvalue weighted by Gasteiger charge is 2.27. The van der Waals surface area contributed by atoms with Gasteiger partial charge in [-0.25, -0.2) is 22.2 Å². The normalized spacial score (nSPS) is 16.1. The summed E-state index contributed by atoms with van der Waals surface area (Å²) in [5, 5.41) is 2.96. The first-order valence-corrected chi connectivity index (χ1v) is 10.3. The van der Waals surface area contributed by atoms with E-state index in [1.807, 2.05) is 7.05 Å². The van der Waals surface area contributed by atoms with Crippen LogP contribution in [0.3, 0.4) is 0 Å². The maximum Gasteiger partial charge on any atom is 0.244 e. The molecule has 1 saturated heterocycles. The number of sulfonamides is 1. The molecule has 0 spiro atoms. The quantitative estimate of drug-likeness (QED) is 0.699. The Kier molecular flexibility index (Phi) is 6.42. The van der Waals surface area contributed by atoms with Crippen molar-refractivity contribution in [1.29, 1.82) is 0 Å². The molecule has 0 radical (unpaired) electrons. The summed E-state index contributed by atoms with van der Waals surface area (Å²) in [6, 6.07) is 6.17. The van der Waals surface area contributed by atoms with Gasteiger partial charge in [-0.15, -0.1) is 0 Å². The van der Waals surface area contributed by atoms with Crippen molar-refractivity contribution in [3.05, 3.63) is 48.2 Å². The van der Waals surface area contributed by atoms with Gasteiger partial charge in [-0.1, -0.05) is 0 Å². The van der Waals surface area contributed by atoms with Crippen molar-refractivity contribution >= 4 is 15.8 Å². The standard InChI is InChI=1S/C18H22F2N4O3S/c1-23-7-9-24(10-8-23)28(25,26)15-3-5-18(22-13-15)21-6-11-27-17-4-2-14(19)12-16(17)20/h2-5,12-13H,6-11H2,1H3,(H,21,22). The Bertz CT molecular complexity index is 902. The molecular formula is C18H22F2N4O3S. The second-order valence-corrected chi connectivity index (χ2v) is 8.37. The number of ether oxygens (including phenoxy) is 1. The minimum Gasteiger partial charge on any atom is -0.489 e. The van der Waals surface area contributed by atoms with Gasteiger partial charge in [0, 0.05) is 38.4 Å². The topological polar surface area (TPSA) is 74.8 Å². The second-order valence-electron chi connectivity index (χ2n) is 6.44. The summed E-state index contributed by atoms with van der Waals surface area (Å²) in [7, 11) is -1.59. The van der Waals surface area contributed by atoms with Gasteiger partial charge in [-0.2, -0.15) is 4.31 Å². The first-order chi connectivity index (χ1) is 13.4. The van der Waals surface area contributed by atoms with Crippen molar-refractivity contribution in [1.82, 2.24) is 14.2 Å². The molecular weight excluding hydrogens is 390 g/mol. The highest BCUT2D eigenvalue weighted by Crippen LogP contribution is 2.19. The molecule has 0 bridgehead atoms. The van der Waals surface area contributed by atoms with Crippen molar-refractivity contribution in [2.24, 2.45) is 0 Å². The van der Waals surface area contributed by atoms with Crippen LogP contribution < -0.4 is 10.1 Å². The molecule has 3 rings (SSSR count). The maximum absolute atomic E-state index is 13.5. The van der Waals surface area contributed by atoms with E-state index in [1.165, 1.54) is 22.6 Å². The van der Waals surface area contributed by atoms with E-state index in [9.17, 15) is 17.2 Å². The molecule has 2 aromatic rings. The van der Waals surface area contributed by atoms with Gasteiger partial charge in [0.15, 0.2) is 11.6 Å². The average molecular weight is 412 g/mol. The van der Waals surface area contributed by atoms with Crippen LogP contribution in [0.5, 0.6) is 5.75 Å². The van der Waals surface area contributed by atoms with E-state index in [0.29, 0.717) is 38.5 Å². The van der Waals surface area contributed by atoms with E-state index < -0.39 is 21.7 Å². The molecule has 7 nitrogen and oxygen atoms in total. The lowest BCUT2D eigenvalue weighted by molar-refractivity contribution is 0.222. The molecule has 0 amide bonds. The van der Waals surface area contributed by atoms with Crippen molar-refractivity contribution in [3.63, 3.8) is 0 Å². The predicted molar refractivity (Wildman–Crippen MR) is 101 cm³/mol. The molecule has 0 unspecified atom stereocenters. The van der Waals surface area contributed by atoms with Gasteiger partial charge in [0.25, 0.3) is 0 Å². The lowest BCUT2D eigenvalue weighted by atomic mass is 10.3. The second kappa shape index (κ2) is 8.80. The molecule has 0 saturated carbocycles. The minimum absolute atomic E-state index is 0.0372. The number of nitrogens with one attached hydrogen (secondary N) is 1. The number of hydrogen-bond acceptors (Lipinski definition) is 6. The Morgan fingerprint density at radius 1 is 1.14 bits per heavy atom. The van der Waals surface area contributed by atoms with Crippen LogP contribution in [-0.2, 0) is 10.0 Å². The number of rotatable bonds is 7. The number of benzene rings is 1. The Morgan fingerprint density at radius 2 is 1.89 bits per heavy atom. The van der Waals surface area contributed by atoms with Crippen molar-refractivity contribution in [2.75, 3.05) is 51.7 Å². The van der Waals surface area contributed by atoms with Gasteiger partial charge in [0.05, 0.1) is 6.54 Å². The first-order valence-electron chi connectivity index (χ1n) is 8.83. The van der Waals surface area contributed by atoms with E-state index in [2.05, 4.69) is 15.2 Å². The van der Waals surface area contributed by atoms with Crippen LogP contribution in [0.1, 0.15) is 0 Å². The van der Waals surface area contributed by atoms with E-state index >= 15 is 0 Å². The molecule has 152 valence electrons. The monoisotopic (exact) mass is 412 g/mol. The molecule has 2 heterocycles. The van der Waals surface area contributed by atoms with Gasteiger partial charge in [0.2, 0.25) is 10.0 Å². The number of likely N-dealkylation sites (N-methyl/N-ethyl adjacent to an activating group) is 1. The third-order valence-corrected chi connectivity index (χ3v) is 6.28. The number of pyridine rings is 1. The van der Waals surface area contributed by atoms with Crippen molar-refractivity contribution in [3.8, 4) is 5.75 Å². The highest BCUT2D eigenvalue weighted by atomic mass is 32.2. The number of nitrogens with zero attached hydrogens (tertiary/aromatic N) is 3. The zero-order valence-electron chi connectivity index (χ0n) is 15.4. The third kappa shape index (κ3) is 4.94. The minimum atomic E-state index is -3.55. The number of piperazine rings is 1. The van der Waals surface area contributed by atoms with Crippen LogP contribution in [0.2, 0.25) is 0 Å². The lowest BCUT2D eigenvalue weighted by Gasteiger charge is -2.31. The maximum atomic E-state index is 13.5. The zero-order valence-corrected chi connectivity index (χ0v) is 16.3. The van der Waals surface area contributed by atoms with Crippen LogP contribution in [0, 0.1) is 11.6 Å². The largest absolute Gasteiger partial charge is 0.489 e. The molecule has 1 aliphatic heterocycles. The molecule has 1 aromatic heterocycles. The Morgan fingerprint density at radius 3 is 2.54 bits per heavy atom. The number of hydrogen-bond donors (Lipinski definition) is 1. The summed E-state index contributed by atoms with van der Waals surface area (Å²) in [4.78, 5) is 6.35. The summed E-state index contributed by atoms with van der Waals surface area (Å²) >= 11 is 0. The SMILES string of the molecule is CN1CCN(S(=O)(=O)c2ccc(NCCOc3ccc(F)cc3F)nc2)CC1. The fourth-order valence-corrected chi connectivity index (χ4v) is 4.12. The molecule has 10 heteroatoms. The molecule has 28 heavy (non-hydrogen) atoms. The molecule has 0 aliphatic carbocycles. The number of halogens is 2. The van der Waals surface area contributed by atoms with Crippen LogP contribution in [0.25, 0.3) is 0 Å². The fraction of sp³-hybridized carbons (Fsp3) is 0.389. The fourth-order valence-electron chi connectivity index (χ4n) is 2.75. The number of anilines is 1. The van der Waals surface area contributed by atoms with Crippen LogP contribution >= 0.6 is 0 Å². The van der Waals surface area contributed by atoms with Crippen LogP contribution in [0.4, 0.5) is 14.6 Å².